The first kappa shape index (κ1) is 21.6. The number of aryl methyl sites for hydroxylation is 1. The zero-order valence-corrected chi connectivity index (χ0v) is 17.3. The molecule has 2 rings (SSSR count). The van der Waals surface area contributed by atoms with Gasteiger partial charge in [0.2, 0.25) is 0 Å². The number of thiophene rings is 1. The predicted molar refractivity (Wildman–Crippen MR) is 109 cm³/mol. The molecule has 0 unspecified atom stereocenters. The molecular weight excluding hydrogens is 376 g/mol. The molecule has 0 radical (unpaired) electrons. The molecule has 0 aliphatic carbocycles. The lowest BCUT2D eigenvalue weighted by Gasteiger charge is -2.22. The second-order valence-corrected chi connectivity index (χ2v) is 7.90. The fraction of sp³-hybridized carbons (Fsp3) is 0.381. The van der Waals surface area contributed by atoms with Crippen LogP contribution in [-0.2, 0) is 20.9 Å². The highest BCUT2D eigenvalue weighted by atomic mass is 32.1. The molecule has 28 heavy (non-hydrogen) atoms. The number of nitrogens with one attached hydrogen (secondary N) is 2. The SMILES string of the molecule is Cc1ccc(CNC(=O)[C@@H](C)OC(=O)[C@@H](NC(=O)c2cccs2)C(C)C)cc1. The Morgan fingerprint density at radius 2 is 1.75 bits per heavy atom. The van der Waals surface area contributed by atoms with Crippen LogP contribution in [0.2, 0.25) is 0 Å². The Bertz CT molecular complexity index is 800. The molecule has 0 aliphatic rings. The van der Waals surface area contributed by atoms with E-state index in [2.05, 4.69) is 10.6 Å². The van der Waals surface area contributed by atoms with E-state index in [1.165, 1.54) is 18.3 Å². The Kier molecular flexibility index (Phi) is 7.75. The third kappa shape index (κ3) is 6.20. The van der Waals surface area contributed by atoms with Crippen LogP contribution >= 0.6 is 11.3 Å². The minimum Gasteiger partial charge on any atom is -0.451 e. The molecule has 1 aromatic heterocycles. The van der Waals surface area contributed by atoms with Gasteiger partial charge in [0, 0.05) is 6.54 Å². The van der Waals surface area contributed by atoms with Gasteiger partial charge >= 0.3 is 5.97 Å². The lowest BCUT2D eigenvalue weighted by Crippen LogP contribution is -2.47. The molecule has 1 heterocycles. The quantitative estimate of drug-likeness (QED) is 0.665. The largest absolute Gasteiger partial charge is 0.451 e. The number of hydrogen-bond acceptors (Lipinski definition) is 5. The third-order valence-electron chi connectivity index (χ3n) is 4.20. The minimum absolute atomic E-state index is 0.181. The molecule has 0 fully saturated rings. The molecule has 0 bridgehead atoms. The molecule has 2 amide bonds. The molecule has 1 aromatic carbocycles. The fourth-order valence-electron chi connectivity index (χ4n) is 2.46. The maximum atomic E-state index is 12.5. The summed E-state index contributed by atoms with van der Waals surface area (Å²) in [6.45, 7) is 7.47. The van der Waals surface area contributed by atoms with Crippen molar-refractivity contribution in [3.05, 3.63) is 57.8 Å². The number of rotatable bonds is 8. The van der Waals surface area contributed by atoms with Crippen molar-refractivity contribution in [1.29, 1.82) is 0 Å². The molecule has 0 spiro atoms. The summed E-state index contributed by atoms with van der Waals surface area (Å²) in [5, 5.41) is 7.23. The average Bonchev–Trinajstić information content (AvgIpc) is 3.19. The van der Waals surface area contributed by atoms with Crippen LogP contribution in [0, 0.1) is 12.8 Å². The van der Waals surface area contributed by atoms with E-state index in [0.717, 1.165) is 11.1 Å². The number of esters is 1. The molecule has 0 saturated heterocycles. The lowest BCUT2D eigenvalue weighted by molar-refractivity contribution is -0.157. The van der Waals surface area contributed by atoms with Crippen molar-refractivity contribution in [2.45, 2.75) is 46.4 Å². The predicted octanol–water partition coefficient (Wildman–Crippen LogP) is 3.06. The van der Waals surface area contributed by atoms with Crippen molar-refractivity contribution in [3.63, 3.8) is 0 Å². The van der Waals surface area contributed by atoms with E-state index in [1.54, 1.807) is 17.5 Å². The van der Waals surface area contributed by atoms with E-state index < -0.39 is 18.1 Å². The number of ether oxygens (including phenoxy) is 1. The zero-order chi connectivity index (χ0) is 20.7. The van der Waals surface area contributed by atoms with Crippen molar-refractivity contribution in [3.8, 4) is 0 Å². The number of carbonyl (C=O) groups excluding carboxylic acids is 3. The highest BCUT2D eigenvalue weighted by Gasteiger charge is 2.29. The standard InChI is InChI=1S/C21H26N2O4S/c1-13(2)18(23-20(25)17-6-5-11-28-17)21(26)27-15(4)19(24)22-12-16-9-7-14(3)8-10-16/h5-11,13,15,18H,12H2,1-4H3,(H,22,24)(H,23,25)/t15-,18+/m1/s1. The zero-order valence-electron chi connectivity index (χ0n) is 16.5. The molecule has 2 aromatic rings. The van der Waals surface area contributed by atoms with Crippen molar-refractivity contribution in [1.82, 2.24) is 10.6 Å². The summed E-state index contributed by atoms with van der Waals surface area (Å²) in [4.78, 5) is 37.5. The van der Waals surface area contributed by atoms with Crippen molar-refractivity contribution in [2.75, 3.05) is 0 Å². The lowest BCUT2D eigenvalue weighted by atomic mass is 10.0. The van der Waals surface area contributed by atoms with E-state index in [4.69, 9.17) is 4.74 Å². The third-order valence-corrected chi connectivity index (χ3v) is 5.07. The molecule has 2 N–H and O–H groups in total. The van der Waals surface area contributed by atoms with Crippen LogP contribution in [0.5, 0.6) is 0 Å². The van der Waals surface area contributed by atoms with Gasteiger partial charge in [-0.3, -0.25) is 9.59 Å². The van der Waals surface area contributed by atoms with Crippen LogP contribution in [0.15, 0.2) is 41.8 Å². The van der Waals surface area contributed by atoms with Gasteiger partial charge in [0.05, 0.1) is 4.88 Å². The van der Waals surface area contributed by atoms with E-state index >= 15 is 0 Å². The number of hydrogen-bond donors (Lipinski definition) is 2. The Morgan fingerprint density at radius 3 is 2.32 bits per heavy atom. The Morgan fingerprint density at radius 1 is 1.07 bits per heavy atom. The summed E-state index contributed by atoms with van der Waals surface area (Å²) in [5.41, 5.74) is 2.10. The average molecular weight is 403 g/mol. The van der Waals surface area contributed by atoms with Crippen molar-refractivity contribution in [2.24, 2.45) is 5.92 Å². The molecule has 150 valence electrons. The van der Waals surface area contributed by atoms with E-state index in [1.807, 2.05) is 45.0 Å². The summed E-state index contributed by atoms with van der Waals surface area (Å²) in [6, 6.07) is 10.4. The van der Waals surface area contributed by atoms with Gasteiger partial charge in [0.25, 0.3) is 11.8 Å². The summed E-state index contributed by atoms with van der Waals surface area (Å²) >= 11 is 1.29. The molecular formula is C21H26N2O4S. The molecule has 0 saturated carbocycles. The molecule has 7 heteroatoms. The summed E-state index contributed by atoms with van der Waals surface area (Å²) in [7, 11) is 0. The van der Waals surface area contributed by atoms with Gasteiger partial charge in [-0.05, 0) is 36.8 Å². The second kappa shape index (κ2) is 10.0. The highest BCUT2D eigenvalue weighted by Crippen LogP contribution is 2.12. The molecule has 2 atom stereocenters. The summed E-state index contributed by atoms with van der Waals surface area (Å²) < 4.78 is 5.30. The Labute approximate surface area is 169 Å². The van der Waals surface area contributed by atoms with Crippen LogP contribution < -0.4 is 10.6 Å². The van der Waals surface area contributed by atoms with Crippen LogP contribution in [0.25, 0.3) is 0 Å². The van der Waals surface area contributed by atoms with Crippen LogP contribution in [0.3, 0.4) is 0 Å². The highest BCUT2D eigenvalue weighted by molar-refractivity contribution is 7.12. The molecule has 0 aliphatic heterocycles. The number of carbonyl (C=O) groups is 3. The van der Waals surface area contributed by atoms with Gasteiger partial charge in [0.1, 0.15) is 6.04 Å². The number of benzene rings is 1. The Balaban J connectivity index is 1.89. The van der Waals surface area contributed by atoms with Crippen LogP contribution in [0.1, 0.15) is 41.6 Å². The normalized spacial score (nSPS) is 12.9. The monoisotopic (exact) mass is 402 g/mol. The summed E-state index contributed by atoms with van der Waals surface area (Å²) in [5.74, 6) is -1.53. The van der Waals surface area contributed by atoms with Gasteiger partial charge in [-0.25, -0.2) is 4.79 Å². The van der Waals surface area contributed by atoms with E-state index in [0.29, 0.717) is 11.4 Å². The van der Waals surface area contributed by atoms with Crippen molar-refractivity contribution >= 4 is 29.1 Å². The first-order chi connectivity index (χ1) is 13.3. The summed E-state index contributed by atoms with van der Waals surface area (Å²) in [6.07, 6.45) is -0.960. The maximum Gasteiger partial charge on any atom is 0.329 e. The maximum absolute atomic E-state index is 12.5. The van der Waals surface area contributed by atoms with Gasteiger partial charge < -0.3 is 15.4 Å². The van der Waals surface area contributed by atoms with Gasteiger partial charge in [-0.2, -0.15) is 0 Å². The second-order valence-electron chi connectivity index (χ2n) is 6.95. The minimum atomic E-state index is -0.960. The smallest absolute Gasteiger partial charge is 0.329 e. The van der Waals surface area contributed by atoms with E-state index in [-0.39, 0.29) is 17.7 Å². The van der Waals surface area contributed by atoms with Crippen LogP contribution in [-0.4, -0.2) is 29.9 Å². The van der Waals surface area contributed by atoms with Gasteiger partial charge in [-0.1, -0.05) is 49.7 Å². The topological polar surface area (TPSA) is 84.5 Å². The first-order valence-electron chi connectivity index (χ1n) is 9.16. The van der Waals surface area contributed by atoms with Crippen molar-refractivity contribution < 1.29 is 19.1 Å². The van der Waals surface area contributed by atoms with Crippen LogP contribution in [0.4, 0.5) is 0 Å². The fourth-order valence-corrected chi connectivity index (χ4v) is 3.08. The van der Waals surface area contributed by atoms with E-state index in [9.17, 15) is 14.4 Å². The van der Waals surface area contributed by atoms with Gasteiger partial charge in [-0.15, -0.1) is 11.3 Å². The molecule has 6 nitrogen and oxygen atoms in total. The number of amides is 2. The van der Waals surface area contributed by atoms with Gasteiger partial charge in [0.15, 0.2) is 6.10 Å². The first-order valence-corrected chi connectivity index (χ1v) is 10.0. The Hall–Kier alpha value is -2.67.